The Morgan fingerprint density at radius 1 is 1.54 bits per heavy atom. The number of halogens is 1. The van der Waals surface area contributed by atoms with Gasteiger partial charge in [-0.3, -0.25) is 0 Å². The van der Waals surface area contributed by atoms with E-state index in [1.807, 2.05) is 13.0 Å². The minimum atomic E-state index is -0.0267. The van der Waals surface area contributed by atoms with Crippen molar-refractivity contribution in [2.45, 2.75) is 19.6 Å². The van der Waals surface area contributed by atoms with Crippen LogP contribution in [0, 0.1) is 6.92 Å². The Hall–Kier alpha value is -0.570. The number of benzene rings is 1. The van der Waals surface area contributed by atoms with Crippen LogP contribution in [0.5, 0.6) is 0 Å². The van der Waals surface area contributed by atoms with Crippen LogP contribution in [0.1, 0.15) is 22.7 Å². The molecular weight excluding hydrogens is 186 g/mol. The Bertz CT molecular complexity index is 338. The Morgan fingerprint density at radius 2 is 2.31 bits per heavy atom. The van der Waals surface area contributed by atoms with Gasteiger partial charge in [0, 0.05) is 10.6 Å². The van der Waals surface area contributed by atoms with Crippen molar-refractivity contribution < 1.29 is 4.74 Å². The number of ether oxygens (including phenoxy) is 1. The van der Waals surface area contributed by atoms with Crippen LogP contribution in [0.3, 0.4) is 0 Å². The average Bonchev–Trinajstić information content (AvgIpc) is 2.07. The van der Waals surface area contributed by atoms with E-state index in [1.54, 1.807) is 0 Å². The smallest absolute Gasteiger partial charge is 0.0735 e. The molecule has 0 amide bonds. The highest BCUT2D eigenvalue weighted by molar-refractivity contribution is 6.31. The van der Waals surface area contributed by atoms with E-state index in [-0.39, 0.29) is 6.04 Å². The van der Waals surface area contributed by atoms with Crippen LogP contribution in [0.15, 0.2) is 12.1 Å². The standard InChI is InChI=1S/C10H12ClNO/c1-6-2-7-8(9(11)3-6)4-13-5-10(7)12/h2-3,10H,4-5,12H2,1H3. The van der Waals surface area contributed by atoms with E-state index < -0.39 is 0 Å². The van der Waals surface area contributed by atoms with Crippen LogP contribution in [0.4, 0.5) is 0 Å². The third-order valence-electron chi connectivity index (χ3n) is 2.32. The molecule has 2 nitrogen and oxygen atoms in total. The van der Waals surface area contributed by atoms with Crippen LogP contribution in [0.2, 0.25) is 5.02 Å². The second-order valence-electron chi connectivity index (χ2n) is 3.44. The van der Waals surface area contributed by atoms with Gasteiger partial charge in [-0.15, -0.1) is 0 Å². The molecule has 0 fully saturated rings. The summed E-state index contributed by atoms with van der Waals surface area (Å²) in [6.45, 7) is 3.20. The molecule has 0 radical (unpaired) electrons. The van der Waals surface area contributed by atoms with E-state index in [2.05, 4.69) is 6.07 Å². The lowest BCUT2D eigenvalue weighted by Gasteiger charge is -2.23. The summed E-state index contributed by atoms with van der Waals surface area (Å²) in [6.07, 6.45) is 0. The third-order valence-corrected chi connectivity index (χ3v) is 2.65. The first-order valence-electron chi connectivity index (χ1n) is 4.30. The fourth-order valence-electron chi connectivity index (χ4n) is 1.66. The highest BCUT2D eigenvalue weighted by Gasteiger charge is 2.19. The number of hydrogen-bond donors (Lipinski definition) is 1. The zero-order valence-electron chi connectivity index (χ0n) is 7.51. The lowest BCUT2D eigenvalue weighted by atomic mass is 9.97. The van der Waals surface area contributed by atoms with E-state index in [4.69, 9.17) is 22.1 Å². The number of fused-ring (bicyclic) bond motifs is 1. The minimum Gasteiger partial charge on any atom is -0.375 e. The highest BCUT2D eigenvalue weighted by Crippen LogP contribution is 2.30. The van der Waals surface area contributed by atoms with Crippen LogP contribution >= 0.6 is 11.6 Å². The van der Waals surface area contributed by atoms with Crippen molar-refractivity contribution in [2.75, 3.05) is 6.61 Å². The van der Waals surface area contributed by atoms with E-state index in [1.165, 1.54) is 0 Å². The Morgan fingerprint density at radius 3 is 3.08 bits per heavy atom. The number of rotatable bonds is 0. The van der Waals surface area contributed by atoms with Gasteiger partial charge in [0.15, 0.2) is 0 Å². The van der Waals surface area contributed by atoms with Gasteiger partial charge >= 0.3 is 0 Å². The van der Waals surface area contributed by atoms with Crippen LogP contribution < -0.4 is 5.73 Å². The number of hydrogen-bond acceptors (Lipinski definition) is 2. The van der Waals surface area contributed by atoms with Crippen molar-refractivity contribution in [2.24, 2.45) is 5.73 Å². The quantitative estimate of drug-likeness (QED) is 0.692. The maximum absolute atomic E-state index is 6.08. The second kappa shape index (κ2) is 3.29. The van der Waals surface area contributed by atoms with E-state index in [0.717, 1.165) is 21.7 Å². The largest absolute Gasteiger partial charge is 0.375 e. The van der Waals surface area contributed by atoms with E-state index in [0.29, 0.717) is 13.2 Å². The summed E-state index contributed by atoms with van der Waals surface area (Å²) in [7, 11) is 0. The van der Waals surface area contributed by atoms with Gasteiger partial charge in [0.25, 0.3) is 0 Å². The summed E-state index contributed by atoms with van der Waals surface area (Å²) in [5.74, 6) is 0. The molecule has 1 atom stereocenters. The molecule has 2 rings (SSSR count). The number of nitrogens with two attached hydrogens (primary N) is 1. The Labute approximate surface area is 82.6 Å². The van der Waals surface area contributed by atoms with Crippen LogP contribution in [-0.4, -0.2) is 6.61 Å². The van der Waals surface area contributed by atoms with Crippen LogP contribution in [-0.2, 0) is 11.3 Å². The fraction of sp³-hybridized carbons (Fsp3) is 0.400. The molecule has 1 heterocycles. The van der Waals surface area contributed by atoms with E-state index >= 15 is 0 Å². The maximum Gasteiger partial charge on any atom is 0.0735 e. The first-order valence-corrected chi connectivity index (χ1v) is 4.68. The summed E-state index contributed by atoms with van der Waals surface area (Å²) in [5, 5.41) is 0.769. The monoisotopic (exact) mass is 197 g/mol. The van der Waals surface area contributed by atoms with Gasteiger partial charge in [0.05, 0.1) is 19.3 Å². The summed E-state index contributed by atoms with van der Waals surface area (Å²) in [5.41, 5.74) is 9.24. The minimum absolute atomic E-state index is 0.0267. The van der Waals surface area contributed by atoms with Gasteiger partial charge in [0.2, 0.25) is 0 Å². The first-order chi connectivity index (χ1) is 6.18. The molecule has 1 aliphatic rings. The molecule has 1 aromatic rings. The van der Waals surface area contributed by atoms with Crippen molar-refractivity contribution in [1.29, 1.82) is 0 Å². The van der Waals surface area contributed by atoms with Crippen molar-refractivity contribution >= 4 is 11.6 Å². The molecule has 2 N–H and O–H groups in total. The lowest BCUT2D eigenvalue weighted by Crippen LogP contribution is -2.23. The molecule has 0 saturated heterocycles. The van der Waals surface area contributed by atoms with Gasteiger partial charge in [-0.05, 0) is 24.1 Å². The topological polar surface area (TPSA) is 35.2 Å². The van der Waals surface area contributed by atoms with Crippen molar-refractivity contribution in [3.05, 3.63) is 33.8 Å². The zero-order valence-corrected chi connectivity index (χ0v) is 8.27. The first kappa shape index (κ1) is 9.00. The normalized spacial score (nSPS) is 21.3. The predicted molar refractivity (Wildman–Crippen MR) is 52.8 cm³/mol. The number of aryl methyl sites for hydroxylation is 1. The summed E-state index contributed by atoms with van der Waals surface area (Å²) < 4.78 is 5.32. The molecule has 0 aliphatic carbocycles. The molecule has 0 saturated carbocycles. The van der Waals surface area contributed by atoms with Gasteiger partial charge in [-0.25, -0.2) is 0 Å². The van der Waals surface area contributed by atoms with Crippen LogP contribution in [0.25, 0.3) is 0 Å². The van der Waals surface area contributed by atoms with Gasteiger partial charge in [-0.1, -0.05) is 17.7 Å². The van der Waals surface area contributed by atoms with Gasteiger partial charge < -0.3 is 10.5 Å². The Kier molecular flexibility index (Phi) is 2.28. The summed E-state index contributed by atoms with van der Waals surface area (Å²) >= 11 is 6.08. The molecule has 13 heavy (non-hydrogen) atoms. The highest BCUT2D eigenvalue weighted by atomic mass is 35.5. The summed E-state index contributed by atoms with van der Waals surface area (Å²) in [4.78, 5) is 0. The predicted octanol–water partition coefficient (Wildman–Crippen LogP) is 2.18. The molecule has 1 unspecified atom stereocenters. The Balaban J connectivity index is 2.56. The van der Waals surface area contributed by atoms with Crippen molar-refractivity contribution in [3.8, 4) is 0 Å². The molecule has 1 aliphatic heterocycles. The van der Waals surface area contributed by atoms with Crippen molar-refractivity contribution in [3.63, 3.8) is 0 Å². The SMILES string of the molecule is Cc1cc(Cl)c2c(c1)C(N)COC2. The maximum atomic E-state index is 6.08. The molecular formula is C10H12ClNO. The molecule has 1 aromatic carbocycles. The average molecular weight is 198 g/mol. The molecule has 0 spiro atoms. The molecule has 0 aromatic heterocycles. The van der Waals surface area contributed by atoms with Gasteiger partial charge in [0.1, 0.15) is 0 Å². The van der Waals surface area contributed by atoms with Crippen molar-refractivity contribution in [1.82, 2.24) is 0 Å². The molecule has 0 bridgehead atoms. The molecule has 3 heteroatoms. The van der Waals surface area contributed by atoms with E-state index in [9.17, 15) is 0 Å². The zero-order chi connectivity index (χ0) is 9.42. The second-order valence-corrected chi connectivity index (χ2v) is 3.84. The fourth-order valence-corrected chi connectivity index (χ4v) is 2.00. The van der Waals surface area contributed by atoms with Gasteiger partial charge in [-0.2, -0.15) is 0 Å². The third kappa shape index (κ3) is 1.57. The summed E-state index contributed by atoms with van der Waals surface area (Å²) in [6, 6.07) is 4.01. The molecule has 70 valence electrons. The lowest BCUT2D eigenvalue weighted by molar-refractivity contribution is 0.0924.